The van der Waals surface area contributed by atoms with Crippen LogP contribution in [0.1, 0.15) is 12.8 Å². The van der Waals surface area contributed by atoms with Crippen LogP contribution >= 0.6 is 0 Å². The first kappa shape index (κ1) is 21.2. The summed E-state index contributed by atoms with van der Waals surface area (Å²) in [6, 6.07) is 13.9. The van der Waals surface area contributed by atoms with E-state index >= 15 is 0 Å². The predicted molar refractivity (Wildman–Crippen MR) is 126 cm³/mol. The molecule has 2 fully saturated rings. The molecule has 0 saturated carbocycles. The minimum absolute atomic E-state index is 0.0880. The van der Waals surface area contributed by atoms with Crippen LogP contribution in [0, 0.1) is 5.92 Å². The third-order valence-electron chi connectivity index (χ3n) is 6.57. The summed E-state index contributed by atoms with van der Waals surface area (Å²) in [5.74, 6) is 2.79. The molecule has 0 aliphatic carbocycles. The van der Waals surface area contributed by atoms with Gasteiger partial charge in [0.25, 0.3) is 0 Å². The first-order valence-electron chi connectivity index (χ1n) is 11.5. The van der Waals surface area contributed by atoms with Crippen molar-refractivity contribution in [3.05, 3.63) is 54.9 Å². The van der Waals surface area contributed by atoms with Crippen molar-refractivity contribution < 1.29 is 9.53 Å². The number of benzene rings is 1. The van der Waals surface area contributed by atoms with Gasteiger partial charge in [-0.05, 0) is 55.3 Å². The predicted octanol–water partition coefficient (Wildman–Crippen LogP) is 2.24. The van der Waals surface area contributed by atoms with Crippen molar-refractivity contribution in [1.29, 1.82) is 0 Å². The van der Waals surface area contributed by atoms with E-state index in [9.17, 15) is 4.79 Å². The van der Waals surface area contributed by atoms with Crippen molar-refractivity contribution in [1.82, 2.24) is 24.9 Å². The second-order valence-corrected chi connectivity index (χ2v) is 8.47. The minimum Gasteiger partial charge on any atom is -0.497 e. The number of nitrogens with zero attached hydrogens (tertiary/aromatic N) is 7. The van der Waals surface area contributed by atoms with Gasteiger partial charge in [0.1, 0.15) is 5.75 Å². The molecule has 0 radical (unpaired) electrons. The first-order chi connectivity index (χ1) is 16.2. The number of amides is 1. The highest BCUT2D eigenvalue weighted by atomic mass is 16.5. The monoisotopic (exact) mass is 447 g/mol. The zero-order valence-corrected chi connectivity index (χ0v) is 18.9. The molecule has 2 aromatic heterocycles. The molecule has 4 heterocycles. The quantitative estimate of drug-likeness (QED) is 0.593. The van der Waals surface area contributed by atoms with Crippen LogP contribution in [0.15, 0.2) is 54.9 Å². The summed E-state index contributed by atoms with van der Waals surface area (Å²) in [6.07, 6.45) is 5.26. The lowest BCUT2D eigenvalue weighted by Gasteiger charge is -2.39. The van der Waals surface area contributed by atoms with E-state index in [1.54, 1.807) is 18.0 Å². The number of carbonyl (C=O) groups excluding carboxylic acids is 1. The summed E-state index contributed by atoms with van der Waals surface area (Å²) in [5, 5.41) is 12.8. The zero-order valence-electron chi connectivity index (χ0n) is 18.9. The van der Waals surface area contributed by atoms with Crippen LogP contribution in [0.5, 0.6) is 5.75 Å². The molecule has 2 saturated heterocycles. The van der Waals surface area contributed by atoms with E-state index in [0.29, 0.717) is 11.7 Å². The Hall–Kier alpha value is -3.62. The van der Waals surface area contributed by atoms with Gasteiger partial charge in [0.15, 0.2) is 11.6 Å². The Bertz CT molecular complexity index is 1040. The average Bonchev–Trinajstić information content (AvgIpc) is 3.44. The lowest BCUT2D eigenvalue weighted by Crippen LogP contribution is -2.51. The fraction of sp³-hybridized carbons (Fsp3) is 0.417. The normalized spacial score (nSPS) is 17.3. The topological polar surface area (TPSA) is 79.6 Å². The van der Waals surface area contributed by atoms with Crippen LogP contribution in [0.2, 0.25) is 0 Å². The van der Waals surface area contributed by atoms with Gasteiger partial charge in [-0.2, -0.15) is 5.10 Å². The van der Waals surface area contributed by atoms with Gasteiger partial charge in [0.05, 0.1) is 7.11 Å². The van der Waals surface area contributed by atoms with Crippen molar-refractivity contribution in [2.45, 2.75) is 12.8 Å². The van der Waals surface area contributed by atoms with Crippen molar-refractivity contribution in [2.24, 2.45) is 5.92 Å². The van der Waals surface area contributed by atoms with Crippen molar-refractivity contribution in [2.75, 3.05) is 56.2 Å². The number of carbonyl (C=O) groups is 1. The Kier molecular flexibility index (Phi) is 6.10. The summed E-state index contributed by atoms with van der Waals surface area (Å²) in [5.41, 5.74) is 1.18. The average molecular weight is 448 g/mol. The summed E-state index contributed by atoms with van der Waals surface area (Å²) >= 11 is 0. The molecule has 2 aliphatic heterocycles. The van der Waals surface area contributed by atoms with Gasteiger partial charge < -0.3 is 19.4 Å². The van der Waals surface area contributed by atoms with Crippen molar-refractivity contribution in [3.63, 3.8) is 0 Å². The number of rotatable bonds is 5. The van der Waals surface area contributed by atoms with E-state index in [1.165, 1.54) is 5.69 Å². The molecule has 5 rings (SSSR count). The second-order valence-electron chi connectivity index (χ2n) is 8.47. The van der Waals surface area contributed by atoms with Crippen molar-refractivity contribution >= 4 is 17.4 Å². The molecule has 0 N–H and O–H groups in total. The Labute approximate surface area is 193 Å². The van der Waals surface area contributed by atoms with E-state index < -0.39 is 0 Å². The van der Waals surface area contributed by atoms with Gasteiger partial charge in [0, 0.05) is 63.3 Å². The molecule has 3 aromatic rings. The molecule has 0 spiro atoms. The number of hydrogen-bond donors (Lipinski definition) is 0. The van der Waals surface area contributed by atoms with E-state index in [4.69, 9.17) is 4.74 Å². The summed E-state index contributed by atoms with van der Waals surface area (Å²) in [7, 11) is 1.68. The van der Waals surface area contributed by atoms with Crippen LogP contribution in [0.4, 0.5) is 11.5 Å². The van der Waals surface area contributed by atoms with Crippen LogP contribution in [0.3, 0.4) is 0 Å². The van der Waals surface area contributed by atoms with Gasteiger partial charge >= 0.3 is 0 Å². The zero-order chi connectivity index (χ0) is 22.6. The van der Waals surface area contributed by atoms with Gasteiger partial charge in [0.2, 0.25) is 5.91 Å². The third kappa shape index (κ3) is 4.62. The standard InChI is InChI=1S/C24H29N7O2/c1-33-21-5-3-20(4-6-21)28-15-17-30(18-16-28)24(32)19-9-13-29(14-10-19)22-7-8-23(27-26-22)31-12-2-11-25-31/h2-8,11-12,19H,9-10,13-18H2,1H3. The number of hydrogen-bond acceptors (Lipinski definition) is 7. The molecule has 172 valence electrons. The van der Waals surface area contributed by atoms with Gasteiger partial charge in [-0.15, -0.1) is 10.2 Å². The maximum Gasteiger partial charge on any atom is 0.225 e. The largest absolute Gasteiger partial charge is 0.497 e. The van der Waals surface area contributed by atoms with E-state index in [2.05, 4.69) is 37.2 Å². The number of piperidine rings is 1. The molecule has 0 bridgehead atoms. The van der Waals surface area contributed by atoms with Gasteiger partial charge in [-0.1, -0.05) is 0 Å². The highest BCUT2D eigenvalue weighted by Crippen LogP contribution is 2.25. The SMILES string of the molecule is COc1ccc(N2CCN(C(=O)C3CCN(c4ccc(-n5cccn5)nn4)CC3)CC2)cc1. The maximum atomic E-state index is 13.1. The molecular formula is C24H29N7O2. The number of piperazine rings is 1. The number of aromatic nitrogens is 4. The van der Waals surface area contributed by atoms with Gasteiger partial charge in [-0.25, -0.2) is 4.68 Å². The minimum atomic E-state index is 0.0880. The summed E-state index contributed by atoms with van der Waals surface area (Å²) in [6.45, 7) is 4.89. The molecule has 9 nitrogen and oxygen atoms in total. The fourth-order valence-electron chi connectivity index (χ4n) is 4.61. The second kappa shape index (κ2) is 9.48. The molecule has 9 heteroatoms. The summed E-state index contributed by atoms with van der Waals surface area (Å²) < 4.78 is 6.93. The van der Waals surface area contributed by atoms with Crippen LogP contribution in [-0.2, 0) is 4.79 Å². The first-order valence-corrected chi connectivity index (χ1v) is 11.5. The van der Waals surface area contributed by atoms with Crippen LogP contribution in [-0.4, -0.2) is 77.2 Å². The third-order valence-corrected chi connectivity index (χ3v) is 6.57. The van der Waals surface area contributed by atoms with E-state index in [1.807, 2.05) is 41.4 Å². The number of ether oxygens (including phenoxy) is 1. The Morgan fingerprint density at radius 3 is 2.18 bits per heavy atom. The highest BCUT2D eigenvalue weighted by molar-refractivity contribution is 5.79. The lowest BCUT2D eigenvalue weighted by molar-refractivity contribution is -0.136. The van der Waals surface area contributed by atoms with Gasteiger partial charge in [-0.3, -0.25) is 4.79 Å². The lowest BCUT2D eigenvalue weighted by atomic mass is 9.95. The van der Waals surface area contributed by atoms with Crippen LogP contribution < -0.4 is 14.5 Å². The Morgan fingerprint density at radius 2 is 1.58 bits per heavy atom. The molecule has 2 aliphatic rings. The van der Waals surface area contributed by atoms with E-state index in [0.717, 1.165) is 63.7 Å². The molecule has 1 aromatic carbocycles. The summed E-state index contributed by atoms with van der Waals surface area (Å²) in [4.78, 5) is 19.7. The number of anilines is 2. The van der Waals surface area contributed by atoms with Crippen LogP contribution in [0.25, 0.3) is 5.82 Å². The number of methoxy groups -OCH3 is 1. The Balaban J connectivity index is 1.11. The fourth-order valence-corrected chi connectivity index (χ4v) is 4.61. The van der Waals surface area contributed by atoms with Crippen molar-refractivity contribution in [3.8, 4) is 11.6 Å². The molecule has 0 unspecified atom stereocenters. The molecular weight excluding hydrogens is 418 g/mol. The highest BCUT2D eigenvalue weighted by Gasteiger charge is 2.31. The maximum absolute atomic E-state index is 13.1. The molecule has 33 heavy (non-hydrogen) atoms. The molecule has 1 amide bonds. The molecule has 0 atom stereocenters. The Morgan fingerprint density at radius 1 is 0.879 bits per heavy atom. The smallest absolute Gasteiger partial charge is 0.225 e. The van der Waals surface area contributed by atoms with E-state index in [-0.39, 0.29) is 5.92 Å².